The predicted octanol–water partition coefficient (Wildman–Crippen LogP) is -0.855. The van der Waals surface area contributed by atoms with Crippen molar-refractivity contribution in [2.24, 2.45) is 0 Å². The summed E-state index contributed by atoms with van der Waals surface area (Å²) in [6.45, 7) is 0. The summed E-state index contributed by atoms with van der Waals surface area (Å²) in [6.07, 6.45) is 4.77. The molecule has 0 aliphatic carbocycles. The van der Waals surface area contributed by atoms with Crippen molar-refractivity contribution in [2.45, 2.75) is 0 Å². The summed E-state index contributed by atoms with van der Waals surface area (Å²) in [4.78, 5) is 0. The highest BCUT2D eigenvalue weighted by Crippen LogP contribution is 2.04. The maximum absolute atomic E-state index is 8.77. The van der Waals surface area contributed by atoms with Gasteiger partial charge in [-0.15, -0.1) is 0 Å². The Hall–Kier alpha value is -1.53. The van der Waals surface area contributed by atoms with E-state index < -0.39 is 7.12 Å². The van der Waals surface area contributed by atoms with Crippen molar-refractivity contribution in [3.05, 3.63) is 30.8 Å². The first-order valence-electron chi connectivity index (χ1n) is 3.72. The number of hydrogen-bond donors (Lipinski definition) is 2. The van der Waals surface area contributed by atoms with E-state index in [1.54, 1.807) is 23.1 Å². The Balaban J connectivity index is 2.33. The summed E-state index contributed by atoms with van der Waals surface area (Å²) < 4.78 is 6.45. The van der Waals surface area contributed by atoms with Gasteiger partial charge >= 0.3 is 7.12 Å². The second-order valence-corrected chi connectivity index (χ2v) is 2.53. The number of hydrogen-bond acceptors (Lipinski definition) is 4. The van der Waals surface area contributed by atoms with Gasteiger partial charge in [0.25, 0.3) is 0 Å². The van der Waals surface area contributed by atoms with Crippen LogP contribution in [0.15, 0.2) is 35.2 Å². The van der Waals surface area contributed by atoms with E-state index in [2.05, 4.69) is 5.10 Å². The highest BCUT2D eigenvalue weighted by molar-refractivity contribution is 6.57. The zero-order chi connectivity index (χ0) is 9.26. The lowest BCUT2D eigenvalue weighted by atomic mass is 9.88. The van der Waals surface area contributed by atoms with Crippen molar-refractivity contribution in [3.8, 4) is 5.69 Å². The van der Waals surface area contributed by atoms with Gasteiger partial charge in [0.15, 0.2) is 0 Å². The third-order valence-corrected chi connectivity index (χ3v) is 1.63. The lowest BCUT2D eigenvalue weighted by Gasteiger charge is -1.91. The number of rotatable bonds is 2. The monoisotopic (exact) mass is 178 g/mol. The van der Waals surface area contributed by atoms with Crippen LogP contribution in [0.5, 0.6) is 0 Å². The molecule has 13 heavy (non-hydrogen) atoms. The van der Waals surface area contributed by atoms with Crippen molar-refractivity contribution >= 4 is 12.8 Å². The van der Waals surface area contributed by atoms with Crippen molar-refractivity contribution in [3.63, 3.8) is 0 Å². The highest BCUT2D eigenvalue weighted by atomic mass is 16.4. The normalized spacial score (nSPS) is 10.3. The highest BCUT2D eigenvalue weighted by Gasteiger charge is 2.16. The minimum atomic E-state index is -1.58. The lowest BCUT2D eigenvalue weighted by molar-refractivity contribution is 0.409. The number of nitrogens with zero attached hydrogens (tertiary/aromatic N) is 2. The van der Waals surface area contributed by atoms with E-state index in [0.717, 1.165) is 0 Å². The number of aromatic nitrogens is 2. The maximum Gasteiger partial charge on any atom is 0.526 e. The molecule has 0 bridgehead atoms. The molecule has 0 aromatic carbocycles. The fourth-order valence-corrected chi connectivity index (χ4v) is 1.02. The molecule has 0 aliphatic heterocycles. The summed E-state index contributed by atoms with van der Waals surface area (Å²) in [5.41, 5.74) is 0.763. The van der Waals surface area contributed by atoms with E-state index in [9.17, 15) is 0 Å². The van der Waals surface area contributed by atoms with Crippen LogP contribution in [0.2, 0.25) is 0 Å². The van der Waals surface area contributed by atoms with E-state index in [0.29, 0.717) is 5.69 Å². The summed E-state index contributed by atoms with van der Waals surface area (Å²) in [5.74, 6) is 0. The van der Waals surface area contributed by atoms with Crippen LogP contribution >= 0.6 is 0 Å². The fourth-order valence-electron chi connectivity index (χ4n) is 1.02. The Morgan fingerprint density at radius 1 is 1.46 bits per heavy atom. The summed E-state index contributed by atoms with van der Waals surface area (Å²) in [5, 5.41) is 21.5. The molecule has 0 saturated carbocycles. The van der Waals surface area contributed by atoms with Crippen LogP contribution in [-0.2, 0) is 0 Å². The molecule has 0 amide bonds. The van der Waals surface area contributed by atoms with Crippen LogP contribution < -0.4 is 5.66 Å². The van der Waals surface area contributed by atoms with Gasteiger partial charge in [0.2, 0.25) is 0 Å². The summed E-state index contributed by atoms with van der Waals surface area (Å²) >= 11 is 0. The Kier molecular flexibility index (Phi) is 1.92. The van der Waals surface area contributed by atoms with Gasteiger partial charge in [0.1, 0.15) is 17.6 Å². The van der Waals surface area contributed by atoms with Gasteiger partial charge in [-0.3, -0.25) is 0 Å². The zero-order valence-electron chi connectivity index (χ0n) is 6.66. The van der Waals surface area contributed by atoms with Crippen molar-refractivity contribution < 1.29 is 14.5 Å². The van der Waals surface area contributed by atoms with E-state index >= 15 is 0 Å². The van der Waals surface area contributed by atoms with Gasteiger partial charge in [-0.25, -0.2) is 4.68 Å². The Morgan fingerprint density at radius 3 is 2.85 bits per heavy atom. The smallest absolute Gasteiger partial charge is 0.471 e. The fraction of sp³-hybridized carbons (Fsp3) is 0. The SMILES string of the molecule is OB(O)c1cc(-n2cccn2)co1. The zero-order valence-corrected chi connectivity index (χ0v) is 6.66. The van der Waals surface area contributed by atoms with Gasteiger partial charge in [-0.05, 0) is 6.07 Å². The first-order chi connectivity index (χ1) is 6.27. The molecule has 0 radical (unpaired) electrons. The second-order valence-electron chi connectivity index (χ2n) is 2.53. The van der Waals surface area contributed by atoms with Crippen LogP contribution in [-0.4, -0.2) is 26.9 Å². The number of furan rings is 1. The second kappa shape index (κ2) is 3.08. The van der Waals surface area contributed by atoms with Crippen LogP contribution in [0.25, 0.3) is 5.69 Å². The van der Waals surface area contributed by atoms with Crippen molar-refractivity contribution in [2.75, 3.05) is 0 Å². The average molecular weight is 178 g/mol. The first kappa shape index (κ1) is 8.09. The molecule has 2 aromatic heterocycles. The van der Waals surface area contributed by atoms with Gasteiger partial charge in [-0.1, -0.05) is 0 Å². The van der Waals surface area contributed by atoms with Gasteiger partial charge < -0.3 is 14.5 Å². The molecule has 0 aliphatic rings. The van der Waals surface area contributed by atoms with Crippen LogP contribution in [0, 0.1) is 0 Å². The largest absolute Gasteiger partial charge is 0.526 e. The molecular formula is C7H7BN2O3. The van der Waals surface area contributed by atoms with E-state index in [4.69, 9.17) is 14.5 Å². The molecule has 5 nitrogen and oxygen atoms in total. The molecule has 2 rings (SSSR count). The van der Waals surface area contributed by atoms with Crippen LogP contribution in [0.4, 0.5) is 0 Å². The Morgan fingerprint density at radius 2 is 2.31 bits per heavy atom. The minimum Gasteiger partial charge on any atom is -0.471 e. The standard InChI is InChI=1S/C7H7BN2O3/c11-8(12)7-4-6(5-13-7)10-3-1-2-9-10/h1-5,11-12H. The predicted molar refractivity (Wildman–Crippen MR) is 45.7 cm³/mol. The molecule has 0 saturated heterocycles. The van der Waals surface area contributed by atoms with E-state index in [-0.39, 0.29) is 5.66 Å². The van der Waals surface area contributed by atoms with Crippen molar-refractivity contribution in [1.82, 2.24) is 9.78 Å². The molecular weight excluding hydrogens is 171 g/mol. The average Bonchev–Trinajstić information content (AvgIpc) is 2.75. The molecule has 2 aromatic rings. The molecule has 0 unspecified atom stereocenters. The summed E-state index contributed by atoms with van der Waals surface area (Å²) in [6, 6.07) is 3.28. The first-order valence-corrected chi connectivity index (χ1v) is 3.72. The molecule has 0 spiro atoms. The Bertz CT molecular complexity index is 382. The van der Waals surface area contributed by atoms with E-state index in [1.165, 1.54) is 12.3 Å². The molecule has 0 atom stereocenters. The molecule has 66 valence electrons. The third kappa shape index (κ3) is 1.49. The molecule has 0 fully saturated rings. The topological polar surface area (TPSA) is 71.4 Å². The molecule has 2 heterocycles. The lowest BCUT2D eigenvalue weighted by Crippen LogP contribution is -2.28. The van der Waals surface area contributed by atoms with Crippen LogP contribution in [0.1, 0.15) is 0 Å². The van der Waals surface area contributed by atoms with Crippen LogP contribution in [0.3, 0.4) is 0 Å². The Labute approximate surface area is 74.4 Å². The van der Waals surface area contributed by atoms with E-state index in [1.807, 2.05) is 0 Å². The molecule has 2 N–H and O–H groups in total. The summed E-state index contributed by atoms with van der Waals surface area (Å²) in [7, 11) is -1.58. The van der Waals surface area contributed by atoms with Crippen molar-refractivity contribution in [1.29, 1.82) is 0 Å². The van der Waals surface area contributed by atoms with Gasteiger partial charge in [-0.2, -0.15) is 5.10 Å². The minimum absolute atomic E-state index is 0.102. The third-order valence-electron chi connectivity index (χ3n) is 1.63. The van der Waals surface area contributed by atoms with Gasteiger partial charge in [0, 0.05) is 18.5 Å². The van der Waals surface area contributed by atoms with Gasteiger partial charge in [0.05, 0.1) is 0 Å². The quantitative estimate of drug-likeness (QED) is 0.587. The maximum atomic E-state index is 8.77. The molecule has 6 heteroatoms.